The van der Waals surface area contributed by atoms with E-state index in [-0.39, 0.29) is 24.5 Å². The minimum absolute atomic E-state index is 0.00842. The number of nitrogens with one attached hydrogen (secondary N) is 1. The van der Waals surface area contributed by atoms with Crippen molar-refractivity contribution in [2.75, 3.05) is 0 Å². The van der Waals surface area contributed by atoms with E-state index >= 15 is 0 Å². The van der Waals surface area contributed by atoms with Gasteiger partial charge in [-0.15, -0.1) is 0 Å². The average Bonchev–Trinajstić information content (AvgIpc) is 3.07. The number of ether oxygens (including phenoxy) is 1. The van der Waals surface area contributed by atoms with Crippen LogP contribution in [0, 0.1) is 17.0 Å². The third kappa shape index (κ3) is 5.77. The number of nitrogens with zero attached hydrogens (tertiary/aromatic N) is 2. The van der Waals surface area contributed by atoms with Crippen LogP contribution in [0.2, 0.25) is 0 Å². The molecule has 0 aromatic heterocycles. The van der Waals surface area contributed by atoms with E-state index in [0.717, 1.165) is 16.0 Å². The lowest BCUT2D eigenvalue weighted by molar-refractivity contribution is -0.384. The van der Waals surface area contributed by atoms with Gasteiger partial charge in [-0.25, -0.2) is 4.79 Å². The third-order valence-corrected chi connectivity index (χ3v) is 6.44. The molecule has 0 saturated carbocycles. The zero-order chi connectivity index (χ0) is 25.1. The standard InChI is InChI=1S/C25H19Br2N3O5/c1-15-5-7-16(8-6-15)13-29-24(31)22(28-25(29)32)12-18-10-20(26)23(21(27)11-18)35-14-17-3-2-4-19(9-17)30(33)34/h2-12H,13-14H2,1H3,(H,28,32)/b22-12+. The van der Waals surface area contributed by atoms with Crippen LogP contribution in [-0.4, -0.2) is 21.8 Å². The Hall–Kier alpha value is -3.50. The van der Waals surface area contributed by atoms with Gasteiger partial charge < -0.3 is 10.1 Å². The van der Waals surface area contributed by atoms with Gasteiger partial charge in [-0.05, 0) is 73.7 Å². The zero-order valence-corrected chi connectivity index (χ0v) is 21.6. The predicted octanol–water partition coefficient (Wildman–Crippen LogP) is 6.10. The highest BCUT2D eigenvalue weighted by atomic mass is 79.9. The van der Waals surface area contributed by atoms with Gasteiger partial charge in [0.1, 0.15) is 18.1 Å². The summed E-state index contributed by atoms with van der Waals surface area (Å²) in [6, 6.07) is 16.9. The molecule has 1 heterocycles. The first-order valence-electron chi connectivity index (χ1n) is 10.5. The second kappa shape index (κ2) is 10.4. The number of carbonyl (C=O) groups excluding carboxylic acids is 2. The van der Waals surface area contributed by atoms with E-state index in [1.165, 1.54) is 12.1 Å². The van der Waals surface area contributed by atoms with Gasteiger partial charge in [-0.2, -0.15) is 0 Å². The van der Waals surface area contributed by atoms with Crippen LogP contribution in [0.25, 0.3) is 6.08 Å². The highest BCUT2D eigenvalue weighted by Crippen LogP contribution is 2.36. The number of aryl methyl sites for hydroxylation is 1. The number of imide groups is 1. The molecule has 0 radical (unpaired) electrons. The molecule has 1 N–H and O–H groups in total. The van der Waals surface area contributed by atoms with E-state index in [4.69, 9.17) is 4.74 Å². The summed E-state index contributed by atoms with van der Waals surface area (Å²) >= 11 is 6.94. The number of halogens is 2. The quantitative estimate of drug-likeness (QED) is 0.153. The van der Waals surface area contributed by atoms with Crippen LogP contribution in [-0.2, 0) is 17.9 Å². The fourth-order valence-corrected chi connectivity index (χ4v) is 4.92. The summed E-state index contributed by atoms with van der Waals surface area (Å²) in [7, 11) is 0. The number of hydrogen-bond donors (Lipinski definition) is 1. The molecule has 10 heteroatoms. The monoisotopic (exact) mass is 599 g/mol. The second-order valence-corrected chi connectivity index (χ2v) is 9.60. The zero-order valence-electron chi connectivity index (χ0n) is 18.5. The van der Waals surface area contributed by atoms with Crippen LogP contribution in [0.15, 0.2) is 75.3 Å². The molecular formula is C25H19Br2N3O5. The Morgan fingerprint density at radius 1 is 1.03 bits per heavy atom. The Bertz CT molecular complexity index is 1330. The molecule has 178 valence electrons. The molecule has 1 fully saturated rings. The minimum atomic E-state index is -0.475. The van der Waals surface area contributed by atoms with Crippen molar-refractivity contribution in [2.24, 2.45) is 0 Å². The van der Waals surface area contributed by atoms with Gasteiger partial charge in [0.15, 0.2) is 0 Å². The van der Waals surface area contributed by atoms with E-state index in [1.54, 1.807) is 30.3 Å². The molecular weight excluding hydrogens is 582 g/mol. The third-order valence-electron chi connectivity index (χ3n) is 5.26. The molecule has 3 amide bonds. The SMILES string of the molecule is Cc1ccc(CN2C(=O)N/C(=C/c3cc(Br)c(OCc4cccc([N+](=O)[O-])c4)c(Br)c3)C2=O)cc1. The normalized spacial score (nSPS) is 14.4. The maximum absolute atomic E-state index is 12.8. The summed E-state index contributed by atoms with van der Waals surface area (Å²) in [6.07, 6.45) is 1.59. The molecule has 8 nitrogen and oxygen atoms in total. The molecule has 1 saturated heterocycles. The van der Waals surface area contributed by atoms with Crippen LogP contribution >= 0.6 is 31.9 Å². The summed E-state index contributed by atoms with van der Waals surface area (Å²) in [4.78, 5) is 36.9. The summed E-state index contributed by atoms with van der Waals surface area (Å²) < 4.78 is 7.08. The lowest BCUT2D eigenvalue weighted by Crippen LogP contribution is -2.30. The molecule has 1 aliphatic rings. The molecule has 35 heavy (non-hydrogen) atoms. The molecule has 3 aromatic carbocycles. The Balaban J connectivity index is 1.49. The smallest absolute Gasteiger partial charge is 0.329 e. The van der Waals surface area contributed by atoms with E-state index < -0.39 is 16.9 Å². The number of nitro groups is 1. The van der Waals surface area contributed by atoms with Gasteiger partial charge in [0, 0.05) is 12.1 Å². The minimum Gasteiger partial charge on any atom is -0.487 e. The van der Waals surface area contributed by atoms with Crippen molar-refractivity contribution in [3.63, 3.8) is 0 Å². The van der Waals surface area contributed by atoms with E-state index in [1.807, 2.05) is 31.2 Å². The number of benzene rings is 3. The van der Waals surface area contributed by atoms with Gasteiger partial charge in [0.2, 0.25) is 0 Å². The van der Waals surface area contributed by atoms with Gasteiger partial charge >= 0.3 is 6.03 Å². The van der Waals surface area contributed by atoms with Crippen molar-refractivity contribution in [2.45, 2.75) is 20.1 Å². The maximum Gasteiger partial charge on any atom is 0.329 e. The van der Waals surface area contributed by atoms with Crippen LogP contribution in [0.5, 0.6) is 5.75 Å². The van der Waals surface area contributed by atoms with E-state index in [9.17, 15) is 19.7 Å². The number of urea groups is 1. The van der Waals surface area contributed by atoms with Crippen molar-refractivity contribution in [3.05, 3.63) is 108 Å². The number of carbonyl (C=O) groups is 2. The highest BCUT2D eigenvalue weighted by Gasteiger charge is 2.33. The first-order chi connectivity index (χ1) is 16.7. The Kier molecular flexibility index (Phi) is 7.32. The number of non-ortho nitro benzene ring substituents is 1. The second-order valence-electron chi connectivity index (χ2n) is 7.89. The molecule has 3 aromatic rings. The lowest BCUT2D eigenvalue weighted by Gasteiger charge is -2.12. The van der Waals surface area contributed by atoms with Crippen molar-refractivity contribution in [1.29, 1.82) is 0 Å². The predicted molar refractivity (Wildman–Crippen MR) is 138 cm³/mol. The topological polar surface area (TPSA) is 102 Å². The fraction of sp³-hybridized carbons (Fsp3) is 0.120. The molecule has 0 unspecified atom stereocenters. The summed E-state index contributed by atoms with van der Waals surface area (Å²) in [5, 5.41) is 13.6. The molecule has 0 aliphatic carbocycles. The van der Waals surface area contributed by atoms with Crippen LogP contribution in [0.4, 0.5) is 10.5 Å². The fourth-order valence-electron chi connectivity index (χ4n) is 3.47. The lowest BCUT2D eigenvalue weighted by atomic mass is 10.1. The Morgan fingerprint density at radius 2 is 1.71 bits per heavy atom. The van der Waals surface area contributed by atoms with Crippen LogP contribution < -0.4 is 10.1 Å². The van der Waals surface area contributed by atoms with Crippen molar-refractivity contribution in [3.8, 4) is 5.75 Å². The Labute approximate surface area is 218 Å². The van der Waals surface area contributed by atoms with Crippen molar-refractivity contribution >= 4 is 55.6 Å². The van der Waals surface area contributed by atoms with E-state index in [2.05, 4.69) is 37.2 Å². The number of nitro benzene ring substituents is 1. The van der Waals surface area contributed by atoms with Gasteiger partial charge in [0.05, 0.1) is 20.4 Å². The average molecular weight is 601 g/mol. The Morgan fingerprint density at radius 3 is 2.37 bits per heavy atom. The molecule has 0 bridgehead atoms. The first-order valence-corrected chi connectivity index (χ1v) is 12.0. The number of amides is 3. The van der Waals surface area contributed by atoms with Gasteiger partial charge in [-0.3, -0.25) is 19.8 Å². The van der Waals surface area contributed by atoms with Crippen molar-refractivity contribution < 1.29 is 19.2 Å². The maximum atomic E-state index is 12.8. The molecule has 0 spiro atoms. The first kappa shape index (κ1) is 24.6. The van der Waals surface area contributed by atoms with Crippen molar-refractivity contribution in [1.82, 2.24) is 10.2 Å². The van der Waals surface area contributed by atoms with Gasteiger partial charge in [-0.1, -0.05) is 42.0 Å². The summed E-state index contributed by atoms with van der Waals surface area (Å²) in [6.45, 7) is 2.28. The molecule has 0 atom stereocenters. The molecule has 4 rings (SSSR count). The van der Waals surface area contributed by atoms with E-state index in [0.29, 0.717) is 25.8 Å². The molecule has 1 aliphatic heterocycles. The summed E-state index contributed by atoms with van der Waals surface area (Å²) in [5.74, 6) is 0.0928. The highest BCUT2D eigenvalue weighted by molar-refractivity contribution is 9.11. The largest absolute Gasteiger partial charge is 0.487 e. The van der Waals surface area contributed by atoms with Gasteiger partial charge in [0.25, 0.3) is 11.6 Å². The number of rotatable bonds is 7. The van der Waals surface area contributed by atoms with Crippen LogP contribution in [0.1, 0.15) is 22.3 Å². The summed E-state index contributed by atoms with van der Waals surface area (Å²) in [5.41, 5.74) is 3.43. The van der Waals surface area contributed by atoms with Crippen LogP contribution in [0.3, 0.4) is 0 Å². The number of hydrogen-bond acceptors (Lipinski definition) is 5.